The topological polar surface area (TPSA) is 87.9 Å². The third-order valence-electron chi connectivity index (χ3n) is 4.66. The molecular weight excluding hydrogens is 314 g/mol. The Morgan fingerprint density at radius 2 is 2.04 bits per heavy atom. The molecule has 2 aliphatic rings. The number of ether oxygens (including phenoxy) is 4. The predicted molar refractivity (Wildman–Crippen MR) is 83.5 cm³/mol. The summed E-state index contributed by atoms with van der Waals surface area (Å²) in [5, 5.41) is 10.6. The van der Waals surface area contributed by atoms with Crippen molar-refractivity contribution in [2.24, 2.45) is 0 Å². The summed E-state index contributed by atoms with van der Waals surface area (Å²) >= 11 is 0. The maximum Gasteiger partial charge on any atom is 0.225 e. The quantitative estimate of drug-likeness (QED) is 0.903. The molecule has 0 aromatic carbocycles. The molecule has 0 spiro atoms. The SMILES string of the molecule is COc1ncnc2c1ccn2[C@@H]1O[C@@](C)(CO)[C@H]2OC(C)(C)O[C@@H]12. The third-order valence-corrected chi connectivity index (χ3v) is 4.66. The Morgan fingerprint density at radius 3 is 2.75 bits per heavy atom. The third kappa shape index (κ3) is 2.14. The fourth-order valence-corrected chi connectivity index (χ4v) is 3.54. The van der Waals surface area contributed by atoms with Gasteiger partial charge in [-0.3, -0.25) is 0 Å². The first-order valence-electron chi connectivity index (χ1n) is 7.88. The van der Waals surface area contributed by atoms with Gasteiger partial charge in [-0.2, -0.15) is 0 Å². The fourth-order valence-electron chi connectivity index (χ4n) is 3.54. The number of aromatic nitrogens is 3. The van der Waals surface area contributed by atoms with Crippen molar-refractivity contribution in [2.45, 2.75) is 50.6 Å². The summed E-state index contributed by atoms with van der Waals surface area (Å²) in [6.07, 6.45) is 2.12. The Hall–Kier alpha value is -1.74. The Balaban J connectivity index is 1.80. The van der Waals surface area contributed by atoms with Gasteiger partial charge in [0.2, 0.25) is 5.88 Å². The highest BCUT2D eigenvalue weighted by molar-refractivity contribution is 5.81. The van der Waals surface area contributed by atoms with Crippen molar-refractivity contribution in [3.8, 4) is 5.88 Å². The Labute approximate surface area is 139 Å². The normalized spacial score (nSPS) is 34.6. The zero-order valence-electron chi connectivity index (χ0n) is 14.1. The molecule has 4 heterocycles. The molecule has 8 heteroatoms. The number of aliphatic hydroxyl groups is 1. The molecule has 4 rings (SSSR count). The fraction of sp³-hybridized carbons (Fsp3) is 0.625. The highest BCUT2D eigenvalue weighted by Gasteiger charge is 2.61. The van der Waals surface area contributed by atoms with Crippen LogP contribution in [0, 0.1) is 0 Å². The summed E-state index contributed by atoms with van der Waals surface area (Å²) in [5.74, 6) is -0.231. The summed E-state index contributed by atoms with van der Waals surface area (Å²) in [6, 6.07) is 1.88. The number of hydrogen-bond acceptors (Lipinski definition) is 7. The maximum atomic E-state index is 9.84. The van der Waals surface area contributed by atoms with Gasteiger partial charge in [0.15, 0.2) is 12.0 Å². The van der Waals surface area contributed by atoms with Crippen molar-refractivity contribution < 1.29 is 24.1 Å². The second-order valence-corrected chi connectivity index (χ2v) is 6.84. The molecule has 0 aliphatic carbocycles. The van der Waals surface area contributed by atoms with Gasteiger partial charge in [-0.15, -0.1) is 0 Å². The summed E-state index contributed by atoms with van der Waals surface area (Å²) in [4.78, 5) is 8.47. The smallest absolute Gasteiger partial charge is 0.225 e. The van der Waals surface area contributed by atoms with Crippen LogP contribution >= 0.6 is 0 Å². The van der Waals surface area contributed by atoms with Crippen LogP contribution in [0.3, 0.4) is 0 Å². The van der Waals surface area contributed by atoms with Crippen LogP contribution in [-0.2, 0) is 14.2 Å². The highest BCUT2D eigenvalue weighted by atomic mass is 16.8. The van der Waals surface area contributed by atoms with Crippen molar-refractivity contribution in [3.05, 3.63) is 18.6 Å². The molecule has 0 unspecified atom stereocenters. The molecule has 4 atom stereocenters. The van der Waals surface area contributed by atoms with E-state index in [0.29, 0.717) is 11.5 Å². The molecule has 2 aliphatic heterocycles. The van der Waals surface area contributed by atoms with Gasteiger partial charge in [0.1, 0.15) is 29.8 Å². The number of methoxy groups -OCH3 is 1. The van der Waals surface area contributed by atoms with Gasteiger partial charge in [0, 0.05) is 6.20 Å². The van der Waals surface area contributed by atoms with E-state index in [1.54, 1.807) is 7.11 Å². The average molecular weight is 335 g/mol. The largest absolute Gasteiger partial charge is 0.480 e. The van der Waals surface area contributed by atoms with Crippen molar-refractivity contribution >= 4 is 11.0 Å². The molecule has 0 saturated carbocycles. The van der Waals surface area contributed by atoms with Crippen LogP contribution in [0.2, 0.25) is 0 Å². The second kappa shape index (κ2) is 5.13. The van der Waals surface area contributed by atoms with E-state index < -0.39 is 17.6 Å². The van der Waals surface area contributed by atoms with Crippen molar-refractivity contribution in [2.75, 3.05) is 13.7 Å². The van der Waals surface area contributed by atoms with Gasteiger partial charge in [0.25, 0.3) is 0 Å². The van der Waals surface area contributed by atoms with Crippen LogP contribution in [0.4, 0.5) is 0 Å². The van der Waals surface area contributed by atoms with E-state index >= 15 is 0 Å². The van der Waals surface area contributed by atoms with Gasteiger partial charge in [-0.25, -0.2) is 9.97 Å². The zero-order chi connectivity index (χ0) is 17.1. The van der Waals surface area contributed by atoms with E-state index in [1.165, 1.54) is 6.33 Å². The standard InChI is InChI=1S/C16H21N3O5/c1-15(2)22-10-11(23-15)16(3,7-20)24-14(10)19-6-5-9-12(19)17-8-18-13(9)21-4/h5-6,8,10-11,14,20H,7H2,1-4H3/t10-,11+,14-,16+/m1/s1. The van der Waals surface area contributed by atoms with Crippen molar-refractivity contribution in [1.82, 2.24) is 14.5 Å². The van der Waals surface area contributed by atoms with E-state index in [9.17, 15) is 5.11 Å². The molecule has 2 aromatic rings. The number of aliphatic hydroxyl groups excluding tert-OH is 1. The molecule has 0 bridgehead atoms. The summed E-state index contributed by atoms with van der Waals surface area (Å²) < 4.78 is 25.4. The molecule has 2 fully saturated rings. The zero-order valence-corrected chi connectivity index (χ0v) is 14.1. The predicted octanol–water partition coefficient (Wildman–Crippen LogP) is 1.24. The highest BCUT2D eigenvalue weighted by Crippen LogP contribution is 2.48. The van der Waals surface area contributed by atoms with Crippen molar-refractivity contribution in [1.29, 1.82) is 0 Å². The van der Waals surface area contributed by atoms with E-state index in [1.807, 2.05) is 37.6 Å². The summed E-state index contributed by atoms with van der Waals surface area (Å²) in [7, 11) is 1.57. The Kier molecular flexibility index (Phi) is 3.37. The number of hydrogen-bond donors (Lipinski definition) is 1. The van der Waals surface area contributed by atoms with Gasteiger partial charge in [-0.05, 0) is 26.8 Å². The molecule has 0 amide bonds. The maximum absolute atomic E-state index is 9.84. The lowest BCUT2D eigenvalue weighted by atomic mass is 9.99. The number of fused-ring (bicyclic) bond motifs is 2. The molecule has 130 valence electrons. The molecule has 1 N–H and O–H groups in total. The lowest BCUT2D eigenvalue weighted by molar-refractivity contribution is -0.222. The molecule has 8 nitrogen and oxygen atoms in total. The lowest BCUT2D eigenvalue weighted by Crippen LogP contribution is -2.43. The van der Waals surface area contributed by atoms with E-state index in [2.05, 4.69) is 9.97 Å². The molecular formula is C16H21N3O5. The van der Waals surface area contributed by atoms with Crippen LogP contribution in [-0.4, -0.2) is 57.0 Å². The van der Waals surface area contributed by atoms with Crippen molar-refractivity contribution in [3.63, 3.8) is 0 Å². The Morgan fingerprint density at radius 1 is 1.25 bits per heavy atom. The number of rotatable bonds is 3. The van der Waals surface area contributed by atoms with Crippen LogP contribution < -0.4 is 4.74 Å². The molecule has 0 radical (unpaired) electrons. The average Bonchev–Trinajstić information content (AvgIpc) is 3.19. The lowest BCUT2D eigenvalue weighted by Gasteiger charge is -2.30. The monoisotopic (exact) mass is 335 g/mol. The van der Waals surface area contributed by atoms with Crippen LogP contribution in [0.1, 0.15) is 27.0 Å². The molecule has 24 heavy (non-hydrogen) atoms. The summed E-state index contributed by atoms with van der Waals surface area (Å²) in [5.41, 5.74) is -0.169. The number of nitrogens with zero attached hydrogens (tertiary/aromatic N) is 3. The Bertz CT molecular complexity index is 776. The van der Waals surface area contributed by atoms with E-state index in [4.69, 9.17) is 18.9 Å². The van der Waals surface area contributed by atoms with Gasteiger partial charge < -0.3 is 28.6 Å². The second-order valence-electron chi connectivity index (χ2n) is 6.84. The van der Waals surface area contributed by atoms with Crippen LogP contribution in [0.25, 0.3) is 11.0 Å². The molecule has 2 aromatic heterocycles. The first-order chi connectivity index (χ1) is 11.4. The van der Waals surface area contributed by atoms with Gasteiger partial charge in [-0.1, -0.05) is 0 Å². The van der Waals surface area contributed by atoms with Crippen LogP contribution in [0.5, 0.6) is 5.88 Å². The van der Waals surface area contributed by atoms with Gasteiger partial charge >= 0.3 is 0 Å². The molecule has 2 saturated heterocycles. The minimum absolute atomic E-state index is 0.165. The van der Waals surface area contributed by atoms with E-state index in [-0.39, 0.29) is 18.8 Å². The first kappa shape index (κ1) is 15.8. The summed E-state index contributed by atoms with van der Waals surface area (Å²) in [6.45, 7) is 5.39. The van der Waals surface area contributed by atoms with E-state index in [0.717, 1.165) is 5.39 Å². The first-order valence-corrected chi connectivity index (χ1v) is 7.88. The minimum atomic E-state index is -0.850. The van der Waals surface area contributed by atoms with Gasteiger partial charge in [0.05, 0.1) is 19.1 Å². The minimum Gasteiger partial charge on any atom is -0.480 e. The van der Waals surface area contributed by atoms with Crippen LogP contribution in [0.15, 0.2) is 18.6 Å².